The Morgan fingerprint density at radius 3 is 1.98 bits per heavy atom. The van der Waals surface area contributed by atoms with Gasteiger partial charge in [-0.1, -0.05) is 70.0 Å². The molecule has 272 valence electrons. The van der Waals surface area contributed by atoms with Crippen molar-refractivity contribution in [1.29, 1.82) is 0 Å². The van der Waals surface area contributed by atoms with Crippen molar-refractivity contribution in [2.75, 3.05) is 33.2 Å². The normalized spacial score (nSPS) is 15.4. The first-order chi connectivity index (χ1) is 23.0. The van der Waals surface area contributed by atoms with Crippen molar-refractivity contribution in [1.82, 2.24) is 0 Å². The van der Waals surface area contributed by atoms with Gasteiger partial charge in [0.2, 0.25) is 0 Å². The van der Waals surface area contributed by atoms with Gasteiger partial charge in [-0.15, -0.1) is 0 Å². The van der Waals surface area contributed by atoms with Gasteiger partial charge in [0.1, 0.15) is 23.0 Å². The molecule has 1 aliphatic rings. The third-order valence-corrected chi connectivity index (χ3v) is 9.64. The molecule has 0 aromatic heterocycles. The fourth-order valence-corrected chi connectivity index (χ4v) is 6.73. The summed E-state index contributed by atoms with van der Waals surface area (Å²) in [6.07, 6.45) is 6.29. The van der Waals surface area contributed by atoms with Crippen LogP contribution in [0, 0.1) is 5.92 Å². The second-order valence-corrected chi connectivity index (χ2v) is 16.6. The van der Waals surface area contributed by atoms with Crippen LogP contribution < -0.4 is 13.8 Å². The van der Waals surface area contributed by atoms with Gasteiger partial charge in [0.25, 0.3) is 0 Å². The fraction of sp³-hybridized carbons (Fsp3) is 0.429. The highest BCUT2D eigenvalue weighted by Gasteiger charge is 2.28. The zero-order valence-electron chi connectivity index (χ0n) is 29.5. The summed E-state index contributed by atoms with van der Waals surface area (Å²) in [5.41, 5.74) is 1.99. The molecule has 0 fully saturated rings. The third-order valence-electron chi connectivity index (χ3n) is 6.88. The highest BCUT2D eigenvalue weighted by molar-refractivity contribution is 7.52. The van der Waals surface area contributed by atoms with Crippen LogP contribution in [0.4, 0.5) is 0 Å². The van der Waals surface area contributed by atoms with Crippen molar-refractivity contribution < 1.29 is 50.8 Å². The van der Waals surface area contributed by atoms with E-state index in [9.17, 15) is 13.7 Å². The lowest BCUT2D eigenvalue weighted by atomic mass is 10.0. The summed E-state index contributed by atoms with van der Waals surface area (Å²) in [7, 11) is -10.3. The summed E-state index contributed by atoms with van der Waals surface area (Å²) in [5, 5.41) is 2.07. The monoisotopic (exact) mass is 740 g/mol. The first kappa shape index (κ1) is 42.5. The quantitative estimate of drug-likeness (QED) is 0.143. The van der Waals surface area contributed by atoms with E-state index < -0.39 is 23.0 Å². The molecule has 1 aliphatic heterocycles. The number of fused-ring (bicyclic) bond motifs is 2. The molecule has 4 rings (SSSR count). The topological polar surface area (TPSA) is 147 Å². The van der Waals surface area contributed by atoms with E-state index in [1.807, 2.05) is 49.4 Å². The van der Waals surface area contributed by atoms with Crippen molar-refractivity contribution in [3.8, 4) is 17.2 Å². The highest BCUT2D eigenvalue weighted by Crippen LogP contribution is 2.50. The van der Waals surface area contributed by atoms with E-state index in [0.29, 0.717) is 35.5 Å². The van der Waals surface area contributed by atoms with Crippen LogP contribution in [0.3, 0.4) is 0 Å². The Labute approximate surface area is 290 Å². The second-order valence-electron chi connectivity index (χ2n) is 11.3. The van der Waals surface area contributed by atoms with Crippen molar-refractivity contribution >= 4 is 39.4 Å². The summed E-state index contributed by atoms with van der Waals surface area (Å²) < 4.78 is 65.2. The lowest BCUT2D eigenvalue weighted by Crippen LogP contribution is -2.07. The molecule has 3 unspecified atom stereocenters. The van der Waals surface area contributed by atoms with Crippen molar-refractivity contribution in [3.05, 3.63) is 84.6 Å². The Kier molecular flexibility index (Phi) is 17.5. The highest BCUT2D eigenvalue weighted by atomic mass is 31.2. The number of phosphoric ester groups is 1. The molecule has 0 saturated heterocycles. The molecule has 3 aromatic carbocycles. The summed E-state index contributed by atoms with van der Waals surface area (Å²) >= 11 is 0. The average Bonchev–Trinajstić information content (AvgIpc) is 3.00. The molecular weight excluding hydrogens is 689 g/mol. The van der Waals surface area contributed by atoms with Crippen LogP contribution in [-0.4, -0.2) is 42.9 Å². The zero-order valence-corrected chi connectivity index (χ0v) is 32.2. The number of hydrogen-bond donors (Lipinski definition) is 2. The zero-order chi connectivity index (χ0) is 36.7. The van der Waals surface area contributed by atoms with E-state index in [4.69, 9.17) is 37.1 Å². The molecule has 14 heteroatoms. The van der Waals surface area contributed by atoms with E-state index >= 15 is 0 Å². The van der Waals surface area contributed by atoms with Crippen LogP contribution in [0.5, 0.6) is 17.2 Å². The minimum Gasteiger partial charge on any atom is -0.457 e. The molecule has 0 saturated carbocycles. The second kappa shape index (κ2) is 20.2. The van der Waals surface area contributed by atoms with Crippen LogP contribution in [0.2, 0.25) is 0 Å². The van der Waals surface area contributed by atoms with E-state index in [2.05, 4.69) is 20.4 Å². The van der Waals surface area contributed by atoms with Crippen molar-refractivity contribution in [2.45, 2.75) is 60.3 Å². The molecule has 0 amide bonds. The number of phosphoric acid groups is 1. The number of benzene rings is 3. The minimum absolute atomic E-state index is 0.234. The van der Waals surface area contributed by atoms with Gasteiger partial charge in [0.05, 0.1) is 19.8 Å². The Bertz CT molecular complexity index is 1670. The Morgan fingerprint density at radius 2 is 1.41 bits per heavy atom. The predicted molar refractivity (Wildman–Crippen MR) is 197 cm³/mol. The standard InChI is InChI=1S/C15H19O5P.C11H11O3P.C9H21O3P/c1-5-17-21(16,18-6-2)20-13-7-8-14-11(3)9-12(4)19-15(14)10-13;1-15(12,13)14-11-7-6-9-4-2-3-5-10(9)8-11;1-4-6-7-9(5-2)8-12-13(3,10)11/h7-10H,4-6H2,1-3H3;2-8H,1H3,(H,12,13);9H,4-8H2,1-3H3,(H,10,11). The van der Waals surface area contributed by atoms with E-state index in [0.717, 1.165) is 34.8 Å². The van der Waals surface area contributed by atoms with Crippen molar-refractivity contribution in [2.24, 2.45) is 5.92 Å². The lowest BCUT2D eigenvalue weighted by molar-refractivity contribution is 0.167. The molecule has 3 atom stereocenters. The van der Waals surface area contributed by atoms with Gasteiger partial charge in [0.15, 0.2) is 0 Å². The molecule has 0 bridgehead atoms. The Balaban J connectivity index is 0.000000265. The molecule has 0 radical (unpaired) electrons. The number of allylic oxidation sites excluding steroid dienone is 2. The van der Waals surface area contributed by atoms with Gasteiger partial charge in [-0.2, -0.15) is 0 Å². The average molecular weight is 741 g/mol. The maximum Gasteiger partial charge on any atom is 0.530 e. The summed E-state index contributed by atoms with van der Waals surface area (Å²) in [6.45, 7) is 16.7. The van der Waals surface area contributed by atoms with Gasteiger partial charge in [-0.25, -0.2) is 9.13 Å². The maximum atomic E-state index is 12.3. The van der Waals surface area contributed by atoms with E-state index in [-0.39, 0.29) is 13.2 Å². The van der Waals surface area contributed by atoms with Crippen LogP contribution in [0.1, 0.15) is 65.9 Å². The molecule has 0 spiro atoms. The third kappa shape index (κ3) is 16.2. The predicted octanol–water partition coefficient (Wildman–Crippen LogP) is 10.6. The van der Waals surface area contributed by atoms with E-state index in [1.165, 1.54) is 26.2 Å². The molecule has 2 N–H and O–H groups in total. The first-order valence-corrected chi connectivity index (χ1v) is 21.7. The van der Waals surface area contributed by atoms with E-state index in [1.54, 1.807) is 38.1 Å². The van der Waals surface area contributed by atoms with Gasteiger partial charge >= 0.3 is 23.0 Å². The van der Waals surface area contributed by atoms with Crippen LogP contribution >= 0.6 is 23.0 Å². The van der Waals surface area contributed by atoms with Crippen LogP contribution in [-0.2, 0) is 27.3 Å². The Hall–Kier alpha value is -2.71. The van der Waals surface area contributed by atoms with Gasteiger partial charge in [-0.3, -0.25) is 13.6 Å². The lowest BCUT2D eigenvalue weighted by Gasteiger charge is -2.20. The fourth-order valence-electron chi connectivity index (χ4n) is 4.56. The number of hydrogen-bond acceptors (Lipinski definition) is 9. The van der Waals surface area contributed by atoms with Crippen LogP contribution in [0.15, 0.2) is 79.1 Å². The van der Waals surface area contributed by atoms with Crippen LogP contribution in [0.25, 0.3) is 16.3 Å². The minimum atomic E-state index is -3.60. The Morgan fingerprint density at radius 1 is 0.796 bits per heavy atom. The molecule has 11 nitrogen and oxygen atoms in total. The maximum absolute atomic E-state index is 12.3. The first-order valence-electron chi connectivity index (χ1n) is 16.2. The number of rotatable bonds is 15. The number of ether oxygens (including phenoxy) is 1. The van der Waals surface area contributed by atoms with Crippen molar-refractivity contribution in [3.63, 3.8) is 0 Å². The molecular formula is C35H51O11P3. The summed E-state index contributed by atoms with van der Waals surface area (Å²) in [4.78, 5) is 18.0. The molecule has 3 aromatic rings. The summed E-state index contributed by atoms with van der Waals surface area (Å²) in [6, 6.07) is 18.3. The molecule has 49 heavy (non-hydrogen) atoms. The molecule has 0 aliphatic carbocycles. The van der Waals surface area contributed by atoms with Gasteiger partial charge in [-0.05, 0) is 79.8 Å². The summed E-state index contributed by atoms with van der Waals surface area (Å²) in [5.74, 6) is 2.37. The van der Waals surface area contributed by atoms with Gasteiger partial charge < -0.3 is 28.1 Å². The smallest absolute Gasteiger partial charge is 0.457 e. The molecule has 1 heterocycles. The SMILES string of the molecule is C=C1C=C(C)c2ccc(OP(=O)(OCC)OCC)cc2O1.CCCCC(CC)COP(C)(=O)O.CP(=O)(O)Oc1ccc2ccccc2c1. The van der Waals surface area contributed by atoms with Gasteiger partial charge in [0, 0.05) is 25.0 Å². The number of unbranched alkanes of at least 4 members (excludes halogenated alkanes) is 1. The largest absolute Gasteiger partial charge is 0.530 e.